The summed E-state index contributed by atoms with van der Waals surface area (Å²) in [7, 11) is 0. The zero-order valence-corrected chi connectivity index (χ0v) is 21.9. The van der Waals surface area contributed by atoms with Gasteiger partial charge in [-0.3, -0.25) is 0 Å². The van der Waals surface area contributed by atoms with Gasteiger partial charge in [0.05, 0.1) is 24.3 Å². The second-order valence-electron chi connectivity index (χ2n) is 9.30. The largest absolute Gasteiger partial charge is 0.451 e. The van der Waals surface area contributed by atoms with Gasteiger partial charge >= 0.3 is 12.2 Å². The average Bonchev–Trinajstić information content (AvgIpc) is 2.94. The maximum absolute atomic E-state index is 14.7. The summed E-state index contributed by atoms with van der Waals surface area (Å²) in [6, 6.07) is 4.77. The summed E-state index contributed by atoms with van der Waals surface area (Å²) in [4.78, 5) is 0. The molecule has 0 aliphatic carbocycles. The molecule has 13 heteroatoms. The Hall–Kier alpha value is -4.15. The van der Waals surface area contributed by atoms with Crippen LogP contribution in [-0.2, 0) is 15.6 Å². The lowest BCUT2D eigenvalue weighted by Gasteiger charge is -2.33. The Kier molecular flexibility index (Phi) is 9.62. The van der Waals surface area contributed by atoms with Gasteiger partial charge in [-0.2, -0.15) is 17.6 Å². The SMILES string of the molecule is C=CCCC1COC(C(F)(F)Oc2ccc(C(F)(F)Oc3cc(F)c(C#Cc4cc(F)c(F)c(F)c4)c(F)c3)cc2)OC1. The van der Waals surface area contributed by atoms with Crippen LogP contribution >= 0.6 is 0 Å². The van der Waals surface area contributed by atoms with Crippen LogP contribution in [0.5, 0.6) is 11.5 Å². The van der Waals surface area contributed by atoms with E-state index in [9.17, 15) is 39.5 Å². The highest BCUT2D eigenvalue weighted by atomic mass is 19.3. The maximum Gasteiger partial charge on any atom is 0.451 e. The Balaban J connectivity index is 1.41. The van der Waals surface area contributed by atoms with Gasteiger partial charge in [-0.25, -0.2) is 22.0 Å². The lowest BCUT2D eigenvalue weighted by atomic mass is 10.1. The molecule has 0 N–H and O–H groups in total. The molecule has 1 heterocycles. The van der Waals surface area contributed by atoms with Crippen LogP contribution in [0.2, 0.25) is 0 Å². The van der Waals surface area contributed by atoms with E-state index >= 15 is 0 Å². The number of alkyl halides is 4. The molecule has 0 spiro atoms. The van der Waals surface area contributed by atoms with Gasteiger partial charge in [0.15, 0.2) is 17.5 Å². The Morgan fingerprint density at radius 2 is 1.37 bits per heavy atom. The van der Waals surface area contributed by atoms with E-state index in [2.05, 4.69) is 16.1 Å². The van der Waals surface area contributed by atoms with Crippen LogP contribution in [0.15, 0.2) is 61.2 Å². The number of rotatable bonds is 9. The number of hydrogen-bond donors (Lipinski definition) is 0. The van der Waals surface area contributed by atoms with Gasteiger partial charge in [0.25, 0.3) is 6.29 Å². The predicted molar refractivity (Wildman–Crippen MR) is 134 cm³/mol. The molecule has 1 aliphatic rings. The van der Waals surface area contributed by atoms with Gasteiger partial charge in [-0.05, 0) is 49.2 Å². The number of allylic oxidation sites excluding steroid dienone is 1. The van der Waals surface area contributed by atoms with Crippen molar-refractivity contribution in [2.75, 3.05) is 13.2 Å². The number of benzene rings is 3. The van der Waals surface area contributed by atoms with Crippen molar-refractivity contribution >= 4 is 0 Å². The van der Waals surface area contributed by atoms with Crippen LogP contribution in [0.3, 0.4) is 0 Å². The Bertz CT molecular complexity index is 1480. The maximum atomic E-state index is 14.7. The molecule has 0 bridgehead atoms. The number of hydrogen-bond acceptors (Lipinski definition) is 4. The molecule has 4 rings (SSSR count). The molecule has 1 fully saturated rings. The Labute approximate surface area is 239 Å². The average molecular weight is 616 g/mol. The number of halogens is 9. The minimum absolute atomic E-state index is 0.00289. The monoisotopic (exact) mass is 616 g/mol. The first-order valence-electron chi connectivity index (χ1n) is 12.5. The highest BCUT2D eigenvalue weighted by Crippen LogP contribution is 2.35. The molecule has 0 saturated carbocycles. The highest BCUT2D eigenvalue weighted by Gasteiger charge is 2.47. The van der Waals surface area contributed by atoms with Crippen LogP contribution in [-0.4, -0.2) is 25.6 Å². The lowest BCUT2D eigenvalue weighted by Crippen LogP contribution is -2.47. The van der Waals surface area contributed by atoms with Crippen molar-refractivity contribution in [2.45, 2.75) is 31.3 Å². The van der Waals surface area contributed by atoms with E-state index < -0.39 is 75.8 Å². The summed E-state index contributed by atoms with van der Waals surface area (Å²) in [6.07, 6.45) is -7.19. The summed E-state index contributed by atoms with van der Waals surface area (Å²) in [5, 5.41) is 0. The van der Waals surface area contributed by atoms with Crippen LogP contribution in [0, 0.1) is 46.8 Å². The van der Waals surface area contributed by atoms with Crippen molar-refractivity contribution in [1.82, 2.24) is 0 Å². The molecular weight excluding hydrogens is 595 g/mol. The van der Waals surface area contributed by atoms with Gasteiger partial charge in [-0.15, -0.1) is 6.58 Å². The molecule has 1 saturated heterocycles. The van der Waals surface area contributed by atoms with Crippen molar-refractivity contribution in [2.24, 2.45) is 5.92 Å². The summed E-state index contributed by atoms with van der Waals surface area (Å²) < 4.78 is 146. The predicted octanol–water partition coefficient (Wildman–Crippen LogP) is 7.84. The van der Waals surface area contributed by atoms with Crippen LogP contribution in [0.1, 0.15) is 29.5 Å². The van der Waals surface area contributed by atoms with E-state index in [1.54, 1.807) is 6.08 Å². The van der Waals surface area contributed by atoms with Gasteiger partial charge in [0, 0.05) is 23.6 Å². The van der Waals surface area contributed by atoms with E-state index in [4.69, 9.17) is 9.47 Å². The van der Waals surface area contributed by atoms with Crippen LogP contribution < -0.4 is 9.47 Å². The molecule has 0 atom stereocenters. The second kappa shape index (κ2) is 13.0. The Morgan fingerprint density at radius 3 is 1.93 bits per heavy atom. The molecule has 0 unspecified atom stereocenters. The minimum atomic E-state index is -4.19. The minimum Gasteiger partial charge on any atom is -0.429 e. The smallest absolute Gasteiger partial charge is 0.429 e. The van der Waals surface area contributed by atoms with Gasteiger partial charge in [0.2, 0.25) is 0 Å². The summed E-state index contributed by atoms with van der Waals surface area (Å²) in [5.41, 5.74) is -2.26. The fourth-order valence-corrected chi connectivity index (χ4v) is 3.88. The van der Waals surface area contributed by atoms with Crippen molar-refractivity contribution in [3.8, 4) is 23.3 Å². The molecule has 3 aromatic rings. The summed E-state index contributed by atoms with van der Waals surface area (Å²) in [5.74, 6) is -5.39. The van der Waals surface area contributed by atoms with Crippen LogP contribution in [0.4, 0.5) is 39.5 Å². The highest BCUT2D eigenvalue weighted by molar-refractivity contribution is 5.46. The molecule has 0 amide bonds. The first-order valence-corrected chi connectivity index (χ1v) is 12.5. The van der Waals surface area contributed by atoms with Gasteiger partial charge in [-0.1, -0.05) is 17.9 Å². The second-order valence-corrected chi connectivity index (χ2v) is 9.30. The quantitative estimate of drug-likeness (QED) is 0.106. The molecular formula is C30H21F9O4. The fourth-order valence-electron chi connectivity index (χ4n) is 3.88. The zero-order valence-electron chi connectivity index (χ0n) is 21.9. The molecule has 0 aromatic heterocycles. The van der Waals surface area contributed by atoms with Crippen molar-refractivity contribution < 1.29 is 58.5 Å². The van der Waals surface area contributed by atoms with E-state index in [1.165, 1.54) is 0 Å². The normalized spacial score (nSPS) is 17.1. The summed E-state index contributed by atoms with van der Waals surface area (Å²) in [6.45, 7) is 3.59. The van der Waals surface area contributed by atoms with E-state index in [0.717, 1.165) is 12.1 Å². The van der Waals surface area contributed by atoms with E-state index in [-0.39, 0.29) is 19.1 Å². The molecule has 4 nitrogen and oxygen atoms in total. The third-order valence-corrected chi connectivity index (χ3v) is 6.04. The molecule has 0 radical (unpaired) electrons. The van der Waals surface area contributed by atoms with E-state index in [1.807, 2.05) is 11.8 Å². The fraction of sp³-hybridized carbons (Fsp3) is 0.267. The molecule has 1 aliphatic heterocycles. The number of ether oxygens (including phenoxy) is 4. The Morgan fingerprint density at radius 1 is 0.791 bits per heavy atom. The molecule has 43 heavy (non-hydrogen) atoms. The van der Waals surface area contributed by atoms with Gasteiger partial charge in [0.1, 0.15) is 23.1 Å². The van der Waals surface area contributed by atoms with Crippen molar-refractivity contribution in [3.05, 3.63) is 107 Å². The first kappa shape index (κ1) is 31.8. The first-order chi connectivity index (χ1) is 20.3. The third kappa shape index (κ3) is 7.82. The molecule has 228 valence electrons. The van der Waals surface area contributed by atoms with E-state index in [0.29, 0.717) is 49.2 Å². The zero-order chi connectivity index (χ0) is 31.4. The summed E-state index contributed by atoms with van der Waals surface area (Å²) >= 11 is 0. The van der Waals surface area contributed by atoms with Crippen molar-refractivity contribution in [3.63, 3.8) is 0 Å². The van der Waals surface area contributed by atoms with Gasteiger partial charge < -0.3 is 18.9 Å². The standard InChI is InChI=1S/C30H21F9O4/c1-2-3-4-18-15-40-28(41-16-18)30(38,39)42-20-8-6-19(7-9-20)29(36,37)43-21-13-23(31)22(24(32)14-21)10-5-17-11-25(33)27(35)26(34)12-17/h2,6-9,11-14,18,28H,1,3-4,15-16H2. The van der Waals surface area contributed by atoms with Crippen molar-refractivity contribution in [1.29, 1.82) is 0 Å². The third-order valence-electron chi connectivity index (χ3n) is 6.04. The topological polar surface area (TPSA) is 36.9 Å². The molecule has 3 aromatic carbocycles. The lowest BCUT2D eigenvalue weighted by molar-refractivity contribution is -0.351. The van der Waals surface area contributed by atoms with Crippen LogP contribution in [0.25, 0.3) is 0 Å².